The zero-order valence-electron chi connectivity index (χ0n) is 10.7. The van der Waals surface area contributed by atoms with Crippen LogP contribution in [0, 0.1) is 0 Å². The quantitative estimate of drug-likeness (QED) is 0.337. The minimum absolute atomic E-state index is 0.0170. The molecule has 4 N–H and O–H groups in total. The highest BCUT2D eigenvalue weighted by Crippen LogP contribution is 2.27. The number of likely N-dealkylation sites (N-methyl/N-ethyl adjacent to an activating group) is 1. The number of nitrogens with two attached hydrogens (primary N) is 1. The second-order valence-electron chi connectivity index (χ2n) is 4.68. The smallest absolute Gasteiger partial charge is 0.171 e. The van der Waals surface area contributed by atoms with Crippen LogP contribution in [0.2, 0.25) is 5.02 Å². The Morgan fingerprint density at radius 3 is 2.56 bits per heavy atom. The van der Waals surface area contributed by atoms with E-state index in [4.69, 9.17) is 22.5 Å². The van der Waals surface area contributed by atoms with Crippen LogP contribution < -0.4 is 10.6 Å². The van der Waals surface area contributed by atoms with Crippen molar-refractivity contribution in [3.05, 3.63) is 28.8 Å². The number of nitrogens with zero attached hydrogens (tertiary/aromatic N) is 2. The zero-order chi connectivity index (χ0) is 13.9. The van der Waals surface area contributed by atoms with E-state index in [1.807, 2.05) is 25.8 Å². The summed E-state index contributed by atoms with van der Waals surface area (Å²) in [6.45, 7) is 3.85. The molecule has 1 aromatic rings. The minimum Gasteiger partial charge on any atom is -0.409 e. The topological polar surface area (TPSA) is 82.1 Å². The molecule has 0 spiro atoms. The number of aliphatic hydroxyl groups is 1. The molecule has 0 aliphatic heterocycles. The molecule has 0 unspecified atom stereocenters. The number of aliphatic hydroxyl groups excluding tert-OH is 1. The molecule has 0 saturated heterocycles. The second kappa shape index (κ2) is 5.46. The van der Waals surface area contributed by atoms with E-state index in [0.29, 0.717) is 10.6 Å². The summed E-state index contributed by atoms with van der Waals surface area (Å²) >= 11 is 6.08. The first-order chi connectivity index (χ1) is 8.33. The van der Waals surface area contributed by atoms with Crippen LogP contribution in [-0.4, -0.2) is 35.3 Å². The summed E-state index contributed by atoms with van der Waals surface area (Å²) in [5.41, 5.74) is 6.41. The predicted octanol–water partition coefficient (Wildman–Crippen LogP) is 1.64. The summed E-state index contributed by atoms with van der Waals surface area (Å²) in [5, 5.41) is 21.3. The first kappa shape index (κ1) is 14.6. The molecule has 0 saturated carbocycles. The Hall–Kier alpha value is -1.46. The van der Waals surface area contributed by atoms with Gasteiger partial charge in [0.15, 0.2) is 5.84 Å². The van der Waals surface area contributed by atoms with Gasteiger partial charge in [-0.1, -0.05) is 16.8 Å². The maximum absolute atomic E-state index is 9.33. The molecule has 6 heteroatoms. The summed E-state index contributed by atoms with van der Waals surface area (Å²) in [6.07, 6.45) is 0. The van der Waals surface area contributed by atoms with Crippen LogP contribution in [0.3, 0.4) is 0 Å². The highest BCUT2D eigenvalue weighted by molar-refractivity contribution is 6.34. The average Bonchev–Trinajstić information content (AvgIpc) is 2.36. The molecule has 18 heavy (non-hydrogen) atoms. The highest BCUT2D eigenvalue weighted by atomic mass is 35.5. The Morgan fingerprint density at radius 2 is 2.11 bits per heavy atom. The van der Waals surface area contributed by atoms with E-state index < -0.39 is 5.54 Å². The lowest BCUT2D eigenvalue weighted by Crippen LogP contribution is -2.44. The van der Waals surface area contributed by atoms with Crippen LogP contribution in [0.15, 0.2) is 23.4 Å². The fraction of sp³-hybridized carbons (Fsp3) is 0.417. The van der Waals surface area contributed by atoms with E-state index in [-0.39, 0.29) is 12.4 Å². The van der Waals surface area contributed by atoms with Gasteiger partial charge in [-0.25, -0.2) is 0 Å². The number of rotatable bonds is 4. The molecule has 1 aromatic carbocycles. The Labute approximate surface area is 111 Å². The number of hydrogen-bond donors (Lipinski definition) is 3. The standard InChI is InChI=1S/C12H18ClN3O2/c1-12(2,7-17)16(3)8-4-5-9(10(13)6-8)11(14)15-18/h4-6,17-18H,7H2,1-3H3,(H2,14,15). The van der Waals surface area contributed by atoms with Crippen molar-refractivity contribution in [2.75, 3.05) is 18.6 Å². The van der Waals surface area contributed by atoms with Gasteiger partial charge in [-0.15, -0.1) is 0 Å². The number of halogens is 1. The monoisotopic (exact) mass is 271 g/mol. The fourth-order valence-electron chi connectivity index (χ4n) is 1.43. The number of hydrogen-bond acceptors (Lipinski definition) is 4. The molecule has 100 valence electrons. The van der Waals surface area contributed by atoms with Gasteiger partial charge >= 0.3 is 0 Å². The van der Waals surface area contributed by atoms with Gasteiger partial charge in [0, 0.05) is 18.3 Å². The number of oxime groups is 1. The highest BCUT2D eigenvalue weighted by Gasteiger charge is 2.23. The summed E-state index contributed by atoms with van der Waals surface area (Å²) in [6, 6.07) is 5.19. The first-order valence-corrected chi connectivity index (χ1v) is 5.83. The Kier molecular flexibility index (Phi) is 4.43. The van der Waals surface area contributed by atoms with E-state index in [0.717, 1.165) is 5.69 Å². The van der Waals surface area contributed by atoms with Crippen molar-refractivity contribution in [3.63, 3.8) is 0 Å². The normalized spacial score (nSPS) is 12.6. The summed E-state index contributed by atoms with van der Waals surface area (Å²) in [5.74, 6) is -0.0318. The fourth-order valence-corrected chi connectivity index (χ4v) is 1.70. The van der Waals surface area contributed by atoms with Crippen LogP contribution >= 0.6 is 11.6 Å². The van der Waals surface area contributed by atoms with Gasteiger partial charge in [0.1, 0.15) is 0 Å². The van der Waals surface area contributed by atoms with Crippen molar-refractivity contribution >= 4 is 23.1 Å². The van der Waals surface area contributed by atoms with Crippen LogP contribution in [0.5, 0.6) is 0 Å². The molecular formula is C12H18ClN3O2. The molecule has 0 aromatic heterocycles. The van der Waals surface area contributed by atoms with Gasteiger partial charge in [-0.2, -0.15) is 0 Å². The third kappa shape index (κ3) is 2.86. The van der Waals surface area contributed by atoms with Crippen LogP contribution in [0.1, 0.15) is 19.4 Å². The Bertz CT molecular complexity index is 461. The lowest BCUT2D eigenvalue weighted by atomic mass is 10.0. The van der Waals surface area contributed by atoms with Crippen molar-refractivity contribution in [2.24, 2.45) is 10.9 Å². The van der Waals surface area contributed by atoms with Gasteiger partial charge in [0.2, 0.25) is 0 Å². The van der Waals surface area contributed by atoms with Crippen molar-refractivity contribution in [2.45, 2.75) is 19.4 Å². The summed E-state index contributed by atoms with van der Waals surface area (Å²) in [7, 11) is 1.87. The van der Waals surface area contributed by atoms with Crippen molar-refractivity contribution in [3.8, 4) is 0 Å². The van der Waals surface area contributed by atoms with Crippen LogP contribution in [-0.2, 0) is 0 Å². The summed E-state index contributed by atoms with van der Waals surface area (Å²) < 4.78 is 0. The SMILES string of the molecule is CN(c1ccc(/C(N)=N/O)c(Cl)c1)C(C)(C)CO. The van der Waals surface area contributed by atoms with E-state index in [9.17, 15) is 5.11 Å². The lowest BCUT2D eigenvalue weighted by Gasteiger charge is -2.36. The minimum atomic E-state index is -0.401. The van der Waals surface area contributed by atoms with E-state index in [1.165, 1.54) is 0 Å². The molecule has 0 bridgehead atoms. The molecule has 0 heterocycles. The van der Waals surface area contributed by atoms with Gasteiger partial charge in [-0.05, 0) is 32.0 Å². The maximum atomic E-state index is 9.33. The molecule has 1 rings (SSSR count). The number of benzene rings is 1. The number of anilines is 1. The van der Waals surface area contributed by atoms with E-state index >= 15 is 0 Å². The molecule has 0 amide bonds. The van der Waals surface area contributed by atoms with Crippen molar-refractivity contribution in [1.29, 1.82) is 0 Å². The average molecular weight is 272 g/mol. The number of amidine groups is 1. The van der Waals surface area contributed by atoms with Crippen molar-refractivity contribution in [1.82, 2.24) is 0 Å². The Morgan fingerprint density at radius 1 is 1.50 bits per heavy atom. The van der Waals surface area contributed by atoms with Gasteiger partial charge < -0.3 is 20.9 Å². The molecular weight excluding hydrogens is 254 g/mol. The molecule has 0 fully saturated rings. The van der Waals surface area contributed by atoms with Crippen molar-refractivity contribution < 1.29 is 10.3 Å². The van der Waals surface area contributed by atoms with Crippen LogP contribution in [0.4, 0.5) is 5.69 Å². The molecule has 0 atom stereocenters. The largest absolute Gasteiger partial charge is 0.409 e. The first-order valence-electron chi connectivity index (χ1n) is 5.45. The molecule has 0 radical (unpaired) electrons. The third-order valence-electron chi connectivity index (χ3n) is 3.02. The summed E-state index contributed by atoms with van der Waals surface area (Å²) in [4.78, 5) is 1.91. The zero-order valence-corrected chi connectivity index (χ0v) is 11.4. The molecule has 5 nitrogen and oxygen atoms in total. The van der Waals surface area contributed by atoms with Gasteiger partial charge in [-0.3, -0.25) is 0 Å². The van der Waals surface area contributed by atoms with E-state index in [1.54, 1.807) is 18.2 Å². The predicted molar refractivity (Wildman–Crippen MR) is 73.5 cm³/mol. The third-order valence-corrected chi connectivity index (χ3v) is 3.33. The molecule has 0 aliphatic rings. The second-order valence-corrected chi connectivity index (χ2v) is 5.09. The Balaban J connectivity index is 3.12. The van der Waals surface area contributed by atoms with Crippen LogP contribution in [0.25, 0.3) is 0 Å². The van der Waals surface area contributed by atoms with Gasteiger partial charge in [0.25, 0.3) is 0 Å². The molecule has 0 aliphatic carbocycles. The maximum Gasteiger partial charge on any atom is 0.171 e. The lowest BCUT2D eigenvalue weighted by molar-refractivity contribution is 0.216. The van der Waals surface area contributed by atoms with E-state index in [2.05, 4.69) is 5.16 Å². The van der Waals surface area contributed by atoms with Gasteiger partial charge in [0.05, 0.1) is 17.2 Å².